The molecule has 1 atom stereocenters. The Hall–Kier alpha value is -2.11. The van der Waals surface area contributed by atoms with Crippen molar-refractivity contribution in [3.05, 3.63) is 23.8 Å². The summed E-state index contributed by atoms with van der Waals surface area (Å²) < 4.78 is 61.2. The number of sulfone groups is 1. The van der Waals surface area contributed by atoms with Crippen LogP contribution >= 0.6 is 0 Å². The monoisotopic (exact) mass is 405 g/mol. The van der Waals surface area contributed by atoms with Gasteiger partial charge in [-0.05, 0) is 30.2 Å². The first-order valence-corrected chi connectivity index (χ1v) is 10.8. The van der Waals surface area contributed by atoms with Crippen LogP contribution in [-0.2, 0) is 24.7 Å². The van der Waals surface area contributed by atoms with Gasteiger partial charge in [0.25, 0.3) is 0 Å². The van der Waals surface area contributed by atoms with Crippen LogP contribution in [0.3, 0.4) is 0 Å². The Kier molecular flexibility index (Phi) is 5.94. The van der Waals surface area contributed by atoms with Gasteiger partial charge in [0.15, 0.2) is 21.3 Å². The van der Waals surface area contributed by atoms with Crippen LogP contribution in [0, 0.1) is 0 Å². The van der Waals surface area contributed by atoms with Gasteiger partial charge in [0.2, 0.25) is 10.0 Å². The molecule has 9 nitrogen and oxygen atoms in total. The van der Waals surface area contributed by atoms with Crippen LogP contribution in [0.15, 0.2) is 23.1 Å². The van der Waals surface area contributed by atoms with Crippen LogP contribution in [0.4, 0.5) is 0 Å². The molecule has 0 spiro atoms. The van der Waals surface area contributed by atoms with Crippen molar-refractivity contribution in [2.75, 3.05) is 25.7 Å². The molecule has 0 saturated carbocycles. The first-order valence-electron chi connectivity index (χ1n) is 7.48. The second-order valence-corrected chi connectivity index (χ2v) is 9.56. The van der Waals surface area contributed by atoms with E-state index in [-0.39, 0.29) is 39.9 Å². The van der Waals surface area contributed by atoms with Crippen LogP contribution in [0.25, 0.3) is 6.08 Å². The highest BCUT2D eigenvalue weighted by Gasteiger charge is 2.33. The Labute approximate surface area is 151 Å². The normalized spacial score (nSPS) is 19.5. The van der Waals surface area contributed by atoms with Gasteiger partial charge in [-0.1, -0.05) is 0 Å². The molecule has 1 heterocycles. The van der Waals surface area contributed by atoms with Crippen molar-refractivity contribution in [3.63, 3.8) is 0 Å². The topological polar surface area (TPSA) is 136 Å². The molecule has 144 valence electrons. The Bertz CT molecular complexity index is 935. The smallest absolute Gasteiger partial charge is 0.328 e. The number of hydrogen-bond acceptors (Lipinski definition) is 7. The summed E-state index contributed by atoms with van der Waals surface area (Å²) in [6.45, 7) is 0. The number of sulfonamides is 1. The Morgan fingerprint density at radius 3 is 2.50 bits per heavy atom. The number of benzene rings is 1. The number of rotatable bonds is 7. The summed E-state index contributed by atoms with van der Waals surface area (Å²) in [5.74, 6) is -1.52. The van der Waals surface area contributed by atoms with E-state index in [0.29, 0.717) is 0 Å². The molecule has 0 aromatic heterocycles. The lowest BCUT2D eigenvalue weighted by molar-refractivity contribution is -0.131. The quantitative estimate of drug-likeness (QED) is 0.617. The molecule has 1 aliphatic heterocycles. The van der Waals surface area contributed by atoms with E-state index in [9.17, 15) is 21.6 Å². The number of ether oxygens (including phenoxy) is 2. The van der Waals surface area contributed by atoms with E-state index in [1.165, 1.54) is 32.4 Å². The first kappa shape index (κ1) is 20.2. The van der Waals surface area contributed by atoms with Crippen LogP contribution < -0.4 is 14.2 Å². The third-order valence-corrected chi connectivity index (χ3v) is 7.02. The van der Waals surface area contributed by atoms with Gasteiger partial charge in [-0.15, -0.1) is 0 Å². The summed E-state index contributed by atoms with van der Waals surface area (Å²) in [5.41, 5.74) is 0.268. The average molecular weight is 405 g/mol. The standard InChI is InChI=1S/C15H19NO8S2/c1-23-12-7-10(3-4-14(17)18)8-13(15(12)24-2)26(21,22)16-11-5-6-25(19,20)9-11/h3-4,7-8,11,16H,5-6,9H2,1-2H3,(H,17,18). The van der Waals surface area contributed by atoms with E-state index in [0.717, 1.165) is 6.08 Å². The van der Waals surface area contributed by atoms with Gasteiger partial charge in [0.1, 0.15) is 4.90 Å². The third-order valence-electron chi connectivity index (χ3n) is 3.73. The zero-order valence-corrected chi connectivity index (χ0v) is 15.8. The second-order valence-electron chi connectivity index (χ2n) is 5.65. The number of carbonyl (C=O) groups is 1. The van der Waals surface area contributed by atoms with E-state index >= 15 is 0 Å². The van der Waals surface area contributed by atoms with E-state index in [4.69, 9.17) is 14.6 Å². The average Bonchev–Trinajstić information content (AvgIpc) is 2.89. The molecule has 0 bridgehead atoms. The Morgan fingerprint density at radius 1 is 1.31 bits per heavy atom. The first-order chi connectivity index (χ1) is 12.1. The van der Waals surface area contributed by atoms with Gasteiger partial charge in [0.05, 0.1) is 25.7 Å². The number of methoxy groups -OCH3 is 2. The fourth-order valence-electron chi connectivity index (χ4n) is 2.58. The van der Waals surface area contributed by atoms with Gasteiger partial charge < -0.3 is 14.6 Å². The van der Waals surface area contributed by atoms with Crippen molar-refractivity contribution in [1.82, 2.24) is 4.72 Å². The van der Waals surface area contributed by atoms with Crippen molar-refractivity contribution in [1.29, 1.82) is 0 Å². The highest BCUT2D eigenvalue weighted by atomic mass is 32.2. The molecule has 1 fully saturated rings. The SMILES string of the molecule is COc1cc(C=CC(=O)O)cc(S(=O)(=O)NC2CCS(=O)(=O)C2)c1OC. The summed E-state index contributed by atoms with van der Waals surface area (Å²) in [6.07, 6.45) is 2.25. The molecule has 11 heteroatoms. The lowest BCUT2D eigenvalue weighted by atomic mass is 10.2. The minimum atomic E-state index is -4.13. The van der Waals surface area contributed by atoms with E-state index in [2.05, 4.69) is 4.72 Å². The van der Waals surface area contributed by atoms with Crippen molar-refractivity contribution in [2.24, 2.45) is 0 Å². The summed E-state index contributed by atoms with van der Waals surface area (Å²) >= 11 is 0. The minimum Gasteiger partial charge on any atom is -0.493 e. The van der Waals surface area contributed by atoms with Gasteiger partial charge in [-0.25, -0.2) is 26.4 Å². The zero-order chi connectivity index (χ0) is 19.5. The van der Waals surface area contributed by atoms with E-state index in [1.807, 2.05) is 0 Å². The molecule has 0 amide bonds. The van der Waals surface area contributed by atoms with E-state index in [1.54, 1.807) is 0 Å². The van der Waals surface area contributed by atoms with Crippen LogP contribution in [-0.4, -0.2) is 59.7 Å². The summed E-state index contributed by atoms with van der Waals surface area (Å²) in [5, 5.41) is 8.74. The minimum absolute atomic E-state index is 0.0617. The van der Waals surface area contributed by atoms with Crippen LogP contribution in [0.5, 0.6) is 11.5 Å². The zero-order valence-electron chi connectivity index (χ0n) is 14.1. The molecular weight excluding hydrogens is 386 g/mol. The Balaban J connectivity index is 2.47. The number of nitrogens with one attached hydrogen (secondary N) is 1. The number of carboxylic acids is 1. The van der Waals surface area contributed by atoms with Crippen molar-refractivity contribution < 1.29 is 36.2 Å². The number of aliphatic carboxylic acids is 1. The van der Waals surface area contributed by atoms with Crippen LogP contribution in [0.2, 0.25) is 0 Å². The molecule has 1 aliphatic rings. The molecule has 26 heavy (non-hydrogen) atoms. The third kappa shape index (κ3) is 4.74. The van der Waals surface area contributed by atoms with Gasteiger partial charge in [0, 0.05) is 12.1 Å². The van der Waals surface area contributed by atoms with Gasteiger partial charge in [-0.2, -0.15) is 0 Å². The largest absolute Gasteiger partial charge is 0.493 e. The molecular formula is C15H19NO8S2. The maximum absolute atomic E-state index is 12.8. The summed E-state index contributed by atoms with van der Waals surface area (Å²) in [4.78, 5) is 10.4. The fraction of sp³-hybridized carbons (Fsp3) is 0.400. The molecule has 1 saturated heterocycles. The van der Waals surface area contributed by atoms with Gasteiger partial charge in [-0.3, -0.25) is 0 Å². The van der Waals surface area contributed by atoms with Crippen molar-refractivity contribution >= 4 is 31.9 Å². The molecule has 2 N–H and O–H groups in total. The van der Waals surface area contributed by atoms with Gasteiger partial charge >= 0.3 is 5.97 Å². The predicted molar refractivity (Wildman–Crippen MR) is 93.6 cm³/mol. The van der Waals surface area contributed by atoms with Crippen LogP contribution in [0.1, 0.15) is 12.0 Å². The number of hydrogen-bond donors (Lipinski definition) is 2. The molecule has 2 rings (SSSR count). The fourth-order valence-corrected chi connectivity index (χ4v) is 5.85. The highest BCUT2D eigenvalue weighted by Crippen LogP contribution is 2.36. The Morgan fingerprint density at radius 2 is 2.00 bits per heavy atom. The maximum atomic E-state index is 12.8. The maximum Gasteiger partial charge on any atom is 0.328 e. The van der Waals surface area contributed by atoms with E-state index < -0.39 is 31.9 Å². The molecule has 1 unspecified atom stereocenters. The molecule has 1 aromatic carbocycles. The lowest BCUT2D eigenvalue weighted by Gasteiger charge is -2.17. The van der Waals surface area contributed by atoms with Crippen molar-refractivity contribution in [2.45, 2.75) is 17.4 Å². The number of carboxylic acid groups (broad SMARTS) is 1. The van der Waals surface area contributed by atoms with Crippen molar-refractivity contribution in [3.8, 4) is 11.5 Å². The highest BCUT2D eigenvalue weighted by molar-refractivity contribution is 7.92. The second kappa shape index (κ2) is 7.64. The molecule has 0 aliphatic carbocycles. The summed E-state index contributed by atoms with van der Waals surface area (Å²) in [7, 11) is -4.81. The predicted octanol–water partition coefficient (Wildman–Crippen LogP) is 0.267. The molecule has 0 radical (unpaired) electrons. The lowest BCUT2D eigenvalue weighted by Crippen LogP contribution is -2.35. The molecule has 1 aromatic rings. The summed E-state index contributed by atoms with van der Waals surface area (Å²) in [6, 6.07) is 1.92.